The summed E-state index contributed by atoms with van der Waals surface area (Å²) in [6, 6.07) is 5.72. The molecule has 0 aliphatic carbocycles. The van der Waals surface area contributed by atoms with Crippen LogP contribution in [-0.2, 0) is 0 Å². The SMILES string of the molecule is CCC(C)CC(=O)c1cccc2c1OCCN2. The molecule has 1 aromatic carbocycles. The highest BCUT2D eigenvalue weighted by atomic mass is 16.5. The van der Waals surface area contributed by atoms with E-state index in [-0.39, 0.29) is 5.78 Å². The number of nitrogens with one attached hydrogen (secondary N) is 1. The normalized spacial score (nSPS) is 15.4. The van der Waals surface area contributed by atoms with Crippen LogP contribution >= 0.6 is 0 Å². The Morgan fingerprint density at radius 3 is 3.12 bits per heavy atom. The summed E-state index contributed by atoms with van der Waals surface area (Å²) in [5, 5.41) is 3.25. The molecule has 3 heteroatoms. The summed E-state index contributed by atoms with van der Waals surface area (Å²) in [5.74, 6) is 1.34. The van der Waals surface area contributed by atoms with Gasteiger partial charge in [0.2, 0.25) is 0 Å². The predicted octanol–water partition coefficient (Wildman–Crippen LogP) is 3.11. The Hall–Kier alpha value is -1.51. The molecule has 1 aliphatic rings. The van der Waals surface area contributed by atoms with Crippen LogP contribution in [0, 0.1) is 5.92 Å². The quantitative estimate of drug-likeness (QED) is 0.812. The number of anilines is 1. The number of hydrogen-bond donors (Lipinski definition) is 1. The van der Waals surface area contributed by atoms with Gasteiger partial charge < -0.3 is 10.1 Å². The lowest BCUT2D eigenvalue weighted by Crippen LogP contribution is -2.20. The van der Waals surface area contributed by atoms with Crippen LogP contribution in [0.4, 0.5) is 5.69 Å². The number of fused-ring (bicyclic) bond motifs is 1. The third-order valence-electron chi connectivity index (χ3n) is 3.21. The first kappa shape index (κ1) is 12.0. The minimum Gasteiger partial charge on any atom is -0.489 e. The molecule has 1 heterocycles. The molecule has 0 radical (unpaired) electrons. The van der Waals surface area contributed by atoms with Crippen molar-refractivity contribution in [3.05, 3.63) is 23.8 Å². The first-order chi connectivity index (χ1) is 8.22. The largest absolute Gasteiger partial charge is 0.489 e. The van der Waals surface area contributed by atoms with E-state index < -0.39 is 0 Å². The number of hydrogen-bond acceptors (Lipinski definition) is 3. The van der Waals surface area contributed by atoms with Crippen LogP contribution in [0.2, 0.25) is 0 Å². The van der Waals surface area contributed by atoms with Gasteiger partial charge in [-0.1, -0.05) is 26.3 Å². The van der Waals surface area contributed by atoms with E-state index in [1.165, 1.54) is 0 Å². The van der Waals surface area contributed by atoms with Crippen LogP contribution in [0.3, 0.4) is 0 Å². The summed E-state index contributed by atoms with van der Waals surface area (Å²) in [7, 11) is 0. The van der Waals surface area contributed by atoms with Crippen molar-refractivity contribution in [2.24, 2.45) is 5.92 Å². The Morgan fingerprint density at radius 2 is 2.35 bits per heavy atom. The van der Waals surface area contributed by atoms with E-state index >= 15 is 0 Å². The number of Topliss-reactive ketones (excluding diaryl/α,β-unsaturated/α-hetero) is 1. The summed E-state index contributed by atoms with van der Waals surface area (Å²) >= 11 is 0. The summed E-state index contributed by atoms with van der Waals surface area (Å²) < 4.78 is 5.61. The van der Waals surface area contributed by atoms with Gasteiger partial charge in [-0.25, -0.2) is 0 Å². The van der Waals surface area contributed by atoms with E-state index in [9.17, 15) is 4.79 Å². The van der Waals surface area contributed by atoms with Gasteiger partial charge in [0.25, 0.3) is 0 Å². The molecule has 1 atom stereocenters. The smallest absolute Gasteiger partial charge is 0.166 e. The second-order valence-electron chi connectivity index (χ2n) is 4.60. The Labute approximate surface area is 102 Å². The molecular weight excluding hydrogens is 214 g/mol. The number of carbonyl (C=O) groups is 1. The number of rotatable bonds is 4. The van der Waals surface area contributed by atoms with Crippen LogP contribution in [0.25, 0.3) is 0 Å². The van der Waals surface area contributed by atoms with E-state index in [0.29, 0.717) is 18.9 Å². The van der Waals surface area contributed by atoms with Gasteiger partial charge in [-0.3, -0.25) is 4.79 Å². The monoisotopic (exact) mass is 233 g/mol. The summed E-state index contributed by atoms with van der Waals surface area (Å²) in [6.45, 7) is 5.64. The molecule has 0 amide bonds. The minimum atomic E-state index is 0.180. The molecular formula is C14H19NO2. The van der Waals surface area contributed by atoms with Gasteiger partial charge in [0.05, 0.1) is 11.3 Å². The van der Waals surface area contributed by atoms with Gasteiger partial charge in [-0.15, -0.1) is 0 Å². The highest BCUT2D eigenvalue weighted by Gasteiger charge is 2.19. The van der Waals surface area contributed by atoms with Crippen LogP contribution in [0.5, 0.6) is 5.75 Å². The molecule has 2 rings (SSSR count). The van der Waals surface area contributed by atoms with E-state index in [4.69, 9.17) is 4.74 Å². The number of ketones is 1. The lowest BCUT2D eigenvalue weighted by Gasteiger charge is -2.21. The zero-order valence-corrected chi connectivity index (χ0v) is 10.5. The van der Waals surface area contributed by atoms with Crippen molar-refractivity contribution in [3.8, 4) is 5.75 Å². The van der Waals surface area contributed by atoms with Crippen molar-refractivity contribution < 1.29 is 9.53 Å². The van der Waals surface area contributed by atoms with E-state index in [0.717, 1.165) is 30.0 Å². The summed E-state index contributed by atoms with van der Waals surface area (Å²) in [5.41, 5.74) is 1.65. The van der Waals surface area contributed by atoms with Crippen molar-refractivity contribution in [2.45, 2.75) is 26.7 Å². The van der Waals surface area contributed by atoms with Gasteiger partial charge in [-0.2, -0.15) is 0 Å². The summed E-state index contributed by atoms with van der Waals surface area (Å²) in [6.07, 6.45) is 1.62. The average Bonchev–Trinajstić information content (AvgIpc) is 2.37. The van der Waals surface area contributed by atoms with Crippen molar-refractivity contribution in [1.29, 1.82) is 0 Å². The number of benzene rings is 1. The molecule has 0 saturated heterocycles. The number of carbonyl (C=O) groups excluding carboxylic acids is 1. The van der Waals surface area contributed by atoms with Gasteiger partial charge >= 0.3 is 0 Å². The third kappa shape index (κ3) is 2.60. The van der Waals surface area contributed by atoms with Crippen molar-refractivity contribution in [1.82, 2.24) is 0 Å². The summed E-state index contributed by atoms with van der Waals surface area (Å²) in [4.78, 5) is 12.2. The molecule has 0 saturated carbocycles. The van der Waals surface area contributed by atoms with E-state index in [2.05, 4.69) is 19.2 Å². The fraction of sp³-hybridized carbons (Fsp3) is 0.500. The second-order valence-corrected chi connectivity index (χ2v) is 4.60. The van der Waals surface area contributed by atoms with Gasteiger partial charge in [0, 0.05) is 13.0 Å². The molecule has 0 spiro atoms. The molecule has 1 N–H and O–H groups in total. The molecule has 0 bridgehead atoms. The molecule has 1 aromatic rings. The molecule has 1 aliphatic heterocycles. The molecule has 17 heavy (non-hydrogen) atoms. The zero-order valence-electron chi connectivity index (χ0n) is 10.5. The lowest BCUT2D eigenvalue weighted by atomic mass is 9.96. The Kier molecular flexibility index (Phi) is 3.67. The van der Waals surface area contributed by atoms with Crippen LogP contribution < -0.4 is 10.1 Å². The van der Waals surface area contributed by atoms with Gasteiger partial charge in [0.15, 0.2) is 11.5 Å². The standard InChI is InChI=1S/C14H19NO2/c1-3-10(2)9-13(16)11-5-4-6-12-14(11)17-8-7-15-12/h4-6,10,15H,3,7-9H2,1-2H3. The molecule has 0 fully saturated rings. The highest BCUT2D eigenvalue weighted by molar-refractivity contribution is 6.00. The lowest BCUT2D eigenvalue weighted by molar-refractivity contribution is 0.0959. The van der Waals surface area contributed by atoms with Gasteiger partial charge in [-0.05, 0) is 18.1 Å². The Morgan fingerprint density at radius 1 is 1.53 bits per heavy atom. The van der Waals surface area contributed by atoms with Crippen LogP contribution in [0.15, 0.2) is 18.2 Å². The predicted molar refractivity (Wildman–Crippen MR) is 68.8 cm³/mol. The minimum absolute atomic E-state index is 0.180. The van der Waals surface area contributed by atoms with Crippen molar-refractivity contribution >= 4 is 11.5 Å². The Bertz CT molecular complexity index is 415. The molecule has 92 valence electrons. The van der Waals surface area contributed by atoms with Crippen molar-refractivity contribution in [2.75, 3.05) is 18.5 Å². The maximum absolute atomic E-state index is 12.2. The molecule has 0 aromatic heterocycles. The second kappa shape index (κ2) is 5.21. The number of ether oxygens (including phenoxy) is 1. The first-order valence-corrected chi connectivity index (χ1v) is 6.25. The fourth-order valence-corrected chi connectivity index (χ4v) is 1.96. The van der Waals surface area contributed by atoms with E-state index in [1.807, 2.05) is 18.2 Å². The molecule has 3 nitrogen and oxygen atoms in total. The highest BCUT2D eigenvalue weighted by Crippen LogP contribution is 2.32. The van der Waals surface area contributed by atoms with Gasteiger partial charge in [0.1, 0.15) is 6.61 Å². The number of para-hydroxylation sites is 1. The maximum atomic E-state index is 12.2. The van der Waals surface area contributed by atoms with Crippen LogP contribution in [0.1, 0.15) is 37.0 Å². The maximum Gasteiger partial charge on any atom is 0.166 e. The van der Waals surface area contributed by atoms with Crippen LogP contribution in [-0.4, -0.2) is 18.9 Å². The van der Waals surface area contributed by atoms with Crippen molar-refractivity contribution in [3.63, 3.8) is 0 Å². The average molecular weight is 233 g/mol. The Balaban J connectivity index is 2.23. The molecule has 1 unspecified atom stereocenters. The first-order valence-electron chi connectivity index (χ1n) is 6.25. The third-order valence-corrected chi connectivity index (χ3v) is 3.21. The van der Waals surface area contributed by atoms with E-state index in [1.54, 1.807) is 0 Å². The topological polar surface area (TPSA) is 38.3 Å². The fourth-order valence-electron chi connectivity index (χ4n) is 1.96. The zero-order chi connectivity index (χ0) is 12.3.